The zero-order valence-electron chi connectivity index (χ0n) is 12.9. The van der Waals surface area contributed by atoms with Crippen molar-refractivity contribution in [2.75, 3.05) is 26.2 Å². The Morgan fingerprint density at radius 1 is 1.00 bits per heavy atom. The maximum absolute atomic E-state index is 12.4. The minimum absolute atomic E-state index is 0.0603. The SMILES string of the molecule is O=C(Cc1ccc(Cl)cc1)N1CCN(C(=O)c2ccc(Br)o2)CC1. The van der Waals surface area contributed by atoms with Crippen molar-refractivity contribution in [3.8, 4) is 0 Å². The van der Waals surface area contributed by atoms with Gasteiger partial charge in [-0.25, -0.2) is 0 Å². The molecule has 1 fully saturated rings. The van der Waals surface area contributed by atoms with Crippen molar-refractivity contribution >= 4 is 39.3 Å². The number of carbonyl (C=O) groups is 2. The highest BCUT2D eigenvalue weighted by Crippen LogP contribution is 2.17. The molecule has 24 heavy (non-hydrogen) atoms. The van der Waals surface area contributed by atoms with Gasteiger partial charge in [0.25, 0.3) is 5.91 Å². The number of amides is 2. The molecule has 7 heteroatoms. The molecule has 0 spiro atoms. The van der Waals surface area contributed by atoms with Crippen LogP contribution in [0.15, 0.2) is 45.5 Å². The summed E-state index contributed by atoms with van der Waals surface area (Å²) in [6.45, 7) is 2.06. The molecule has 0 aliphatic carbocycles. The number of rotatable bonds is 3. The largest absolute Gasteiger partial charge is 0.444 e. The van der Waals surface area contributed by atoms with Crippen molar-refractivity contribution in [2.24, 2.45) is 0 Å². The summed E-state index contributed by atoms with van der Waals surface area (Å²) < 4.78 is 5.83. The Hall–Kier alpha value is -1.79. The van der Waals surface area contributed by atoms with Crippen molar-refractivity contribution < 1.29 is 14.0 Å². The number of hydrogen-bond acceptors (Lipinski definition) is 3. The first-order valence-corrected chi connectivity index (χ1v) is 8.77. The molecule has 0 radical (unpaired) electrons. The zero-order valence-corrected chi connectivity index (χ0v) is 15.2. The summed E-state index contributed by atoms with van der Waals surface area (Å²) >= 11 is 9.04. The van der Waals surface area contributed by atoms with Gasteiger partial charge in [0.2, 0.25) is 5.91 Å². The van der Waals surface area contributed by atoms with Gasteiger partial charge in [-0.2, -0.15) is 0 Å². The van der Waals surface area contributed by atoms with Crippen LogP contribution in [-0.2, 0) is 11.2 Å². The molecule has 2 aromatic rings. The standard InChI is InChI=1S/C17H16BrClN2O3/c18-15-6-5-14(24-15)17(23)21-9-7-20(8-10-21)16(22)11-12-1-3-13(19)4-2-12/h1-6H,7-11H2. The second kappa shape index (κ2) is 7.40. The molecule has 126 valence electrons. The summed E-state index contributed by atoms with van der Waals surface area (Å²) in [4.78, 5) is 28.2. The van der Waals surface area contributed by atoms with Gasteiger partial charge in [-0.15, -0.1) is 0 Å². The third-order valence-electron chi connectivity index (χ3n) is 3.97. The van der Waals surface area contributed by atoms with Gasteiger partial charge in [-0.1, -0.05) is 23.7 Å². The fraction of sp³-hybridized carbons (Fsp3) is 0.294. The second-order valence-electron chi connectivity index (χ2n) is 5.58. The molecule has 5 nitrogen and oxygen atoms in total. The molecule has 2 heterocycles. The number of halogens is 2. The Morgan fingerprint density at radius 3 is 2.21 bits per heavy atom. The molecule has 1 aliphatic rings. The molecular formula is C17H16BrClN2O3. The number of benzene rings is 1. The normalized spacial score (nSPS) is 14.8. The van der Waals surface area contributed by atoms with Crippen molar-refractivity contribution in [1.29, 1.82) is 0 Å². The predicted octanol–water partition coefficient (Wildman–Crippen LogP) is 3.22. The molecule has 0 unspecified atom stereocenters. The number of hydrogen-bond donors (Lipinski definition) is 0. The van der Waals surface area contributed by atoms with E-state index in [4.69, 9.17) is 16.0 Å². The molecule has 2 amide bonds. The number of carbonyl (C=O) groups excluding carboxylic acids is 2. The summed E-state index contributed by atoms with van der Waals surface area (Å²) in [6.07, 6.45) is 0.343. The van der Waals surface area contributed by atoms with Crippen LogP contribution >= 0.6 is 27.5 Å². The lowest BCUT2D eigenvalue weighted by Gasteiger charge is -2.34. The van der Waals surface area contributed by atoms with E-state index in [1.807, 2.05) is 12.1 Å². The average Bonchev–Trinajstić information content (AvgIpc) is 3.03. The third-order valence-corrected chi connectivity index (χ3v) is 4.65. The first kappa shape index (κ1) is 17.0. The van der Waals surface area contributed by atoms with Crippen LogP contribution in [0.5, 0.6) is 0 Å². The molecule has 0 bridgehead atoms. The van der Waals surface area contributed by atoms with Crippen molar-refractivity contribution in [1.82, 2.24) is 9.80 Å². The Morgan fingerprint density at radius 2 is 1.62 bits per heavy atom. The van der Waals surface area contributed by atoms with Gasteiger partial charge >= 0.3 is 0 Å². The quantitative estimate of drug-likeness (QED) is 0.779. The van der Waals surface area contributed by atoms with Crippen molar-refractivity contribution in [3.63, 3.8) is 0 Å². The Balaban J connectivity index is 1.53. The molecule has 3 rings (SSSR count). The predicted molar refractivity (Wildman–Crippen MR) is 94.0 cm³/mol. The molecule has 1 aromatic carbocycles. The van der Waals surface area contributed by atoms with Crippen LogP contribution < -0.4 is 0 Å². The fourth-order valence-corrected chi connectivity index (χ4v) is 3.07. The first-order chi connectivity index (χ1) is 11.5. The highest BCUT2D eigenvalue weighted by Gasteiger charge is 2.26. The summed E-state index contributed by atoms with van der Waals surface area (Å²) in [5, 5.41) is 0.655. The third kappa shape index (κ3) is 3.99. The zero-order chi connectivity index (χ0) is 17.1. The van der Waals surface area contributed by atoms with Gasteiger partial charge in [0, 0.05) is 31.2 Å². The number of piperazine rings is 1. The highest BCUT2D eigenvalue weighted by molar-refractivity contribution is 9.10. The van der Waals surface area contributed by atoms with E-state index in [1.54, 1.807) is 34.1 Å². The maximum atomic E-state index is 12.4. The van der Waals surface area contributed by atoms with Gasteiger partial charge in [0.15, 0.2) is 10.4 Å². The van der Waals surface area contributed by atoms with Crippen LogP contribution in [0.3, 0.4) is 0 Å². The first-order valence-electron chi connectivity index (χ1n) is 7.60. The lowest BCUT2D eigenvalue weighted by atomic mass is 10.1. The Labute approximate surface area is 153 Å². The highest BCUT2D eigenvalue weighted by atomic mass is 79.9. The van der Waals surface area contributed by atoms with E-state index in [0.717, 1.165) is 5.56 Å². The summed E-state index contributed by atoms with van der Waals surface area (Å²) in [5.74, 6) is 0.221. The summed E-state index contributed by atoms with van der Waals surface area (Å²) in [5.41, 5.74) is 0.934. The van der Waals surface area contributed by atoms with Gasteiger partial charge < -0.3 is 14.2 Å². The molecular weight excluding hydrogens is 396 g/mol. The van der Waals surface area contributed by atoms with E-state index < -0.39 is 0 Å². The van der Waals surface area contributed by atoms with Crippen LogP contribution in [-0.4, -0.2) is 47.8 Å². The molecule has 0 N–H and O–H groups in total. The van der Waals surface area contributed by atoms with Crippen LogP contribution in [0.2, 0.25) is 5.02 Å². The second-order valence-corrected chi connectivity index (χ2v) is 6.80. The van der Waals surface area contributed by atoms with Crippen molar-refractivity contribution in [3.05, 3.63) is 57.4 Å². The van der Waals surface area contributed by atoms with Crippen LogP contribution in [0.4, 0.5) is 0 Å². The Bertz CT molecular complexity index is 737. The van der Waals surface area contributed by atoms with Gasteiger partial charge in [-0.05, 0) is 45.8 Å². The lowest BCUT2D eigenvalue weighted by Crippen LogP contribution is -2.50. The summed E-state index contributed by atoms with van der Waals surface area (Å²) in [6, 6.07) is 10.6. The minimum atomic E-state index is -0.148. The van der Waals surface area contributed by atoms with Gasteiger partial charge in [0.05, 0.1) is 6.42 Å². The van der Waals surface area contributed by atoms with Gasteiger partial charge in [-0.3, -0.25) is 9.59 Å². The fourth-order valence-electron chi connectivity index (χ4n) is 2.63. The van der Waals surface area contributed by atoms with Crippen LogP contribution in [0, 0.1) is 0 Å². The Kier molecular flexibility index (Phi) is 5.26. The average molecular weight is 412 g/mol. The van der Waals surface area contributed by atoms with Gasteiger partial charge in [0.1, 0.15) is 0 Å². The van der Waals surface area contributed by atoms with E-state index in [0.29, 0.717) is 48.1 Å². The van der Waals surface area contributed by atoms with E-state index >= 15 is 0 Å². The van der Waals surface area contributed by atoms with Crippen LogP contribution in [0.1, 0.15) is 16.1 Å². The van der Waals surface area contributed by atoms with Crippen LogP contribution in [0.25, 0.3) is 0 Å². The number of furan rings is 1. The minimum Gasteiger partial charge on any atom is -0.444 e. The number of nitrogens with zero attached hydrogens (tertiary/aromatic N) is 2. The molecule has 0 atom stereocenters. The molecule has 0 saturated carbocycles. The van der Waals surface area contributed by atoms with E-state index in [-0.39, 0.29) is 11.8 Å². The van der Waals surface area contributed by atoms with E-state index in [9.17, 15) is 9.59 Å². The topological polar surface area (TPSA) is 53.8 Å². The lowest BCUT2D eigenvalue weighted by molar-refractivity contribution is -0.131. The smallest absolute Gasteiger partial charge is 0.289 e. The monoisotopic (exact) mass is 410 g/mol. The maximum Gasteiger partial charge on any atom is 0.289 e. The van der Waals surface area contributed by atoms with E-state index in [1.165, 1.54) is 0 Å². The molecule has 1 aliphatic heterocycles. The summed E-state index contributed by atoms with van der Waals surface area (Å²) in [7, 11) is 0. The van der Waals surface area contributed by atoms with E-state index in [2.05, 4.69) is 15.9 Å². The molecule has 1 saturated heterocycles. The molecule has 1 aromatic heterocycles. The van der Waals surface area contributed by atoms with Crippen molar-refractivity contribution in [2.45, 2.75) is 6.42 Å².